The summed E-state index contributed by atoms with van der Waals surface area (Å²) in [6, 6.07) is 18.7. The van der Waals surface area contributed by atoms with Crippen LogP contribution in [0.1, 0.15) is 57.1 Å². The van der Waals surface area contributed by atoms with Crippen molar-refractivity contribution in [2.75, 3.05) is 12.4 Å². The van der Waals surface area contributed by atoms with Crippen LogP contribution in [0.25, 0.3) is 11.1 Å². The Morgan fingerprint density at radius 1 is 0.974 bits per heavy atom. The fourth-order valence-electron chi connectivity index (χ4n) is 4.67. The van der Waals surface area contributed by atoms with Crippen molar-refractivity contribution in [3.8, 4) is 11.1 Å². The van der Waals surface area contributed by atoms with Gasteiger partial charge in [-0.3, -0.25) is 0 Å². The minimum absolute atomic E-state index is 0.00369. The number of carbonyl (C=O) groups is 3. The van der Waals surface area contributed by atoms with Gasteiger partial charge in [-0.2, -0.15) is 0 Å². The van der Waals surface area contributed by atoms with E-state index >= 15 is 0 Å². The summed E-state index contributed by atoms with van der Waals surface area (Å²) in [6.45, 7) is 5.38. The first-order valence-electron chi connectivity index (χ1n) is 12.9. The number of hydrogen-bond donors (Lipinski definition) is 0. The molecule has 8 radical (unpaired) electrons. The summed E-state index contributed by atoms with van der Waals surface area (Å²) < 4.78 is 11.2. The van der Waals surface area contributed by atoms with Gasteiger partial charge in [0.05, 0.1) is 0 Å². The van der Waals surface area contributed by atoms with E-state index in [9.17, 15) is 14.4 Å². The van der Waals surface area contributed by atoms with Crippen LogP contribution in [0.3, 0.4) is 0 Å². The van der Waals surface area contributed by atoms with Gasteiger partial charge in [-0.1, -0.05) is 48.5 Å². The number of ether oxygens (including phenoxy) is 2. The molecule has 1 atom stereocenters. The van der Waals surface area contributed by atoms with Crippen LogP contribution in [0.15, 0.2) is 48.5 Å². The zero-order chi connectivity index (χ0) is 28.8. The average molecular weight is 529 g/mol. The van der Waals surface area contributed by atoms with Crippen molar-refractivity contribution in [2.24, 2.45) is 5.92 Å². The van der Waals surface area contributed by atoms with E-state index in [2.05, 4.69) is 12.1 Å². The first-order valence-corrected chi connectivity index (χ1v) is 14.9. The molecular formula is C26H29B7O5S. The fourth-order valence-corrected chi connectivity index (χ4v) is 6.21. The van der Waals surface area contributed by atoms with Gasteiger partial charge in [0.15, 0.2) is 0 Å². The quantitative estimate of drug-likeness (QED) is 0.331. The van der Waals surface area contributed by atoms with Crippen molar-refractivity contribution >= 4 is 75.3 Å². The van der Waals surface area contributed by atoms with Gasteiger partial charge >= 0.3 is 180 Å². The van der Waals surface area contributed by atoms with Crippen molar-refractivity contribution in [1.82, 2.24) is 0 Å². The molecule has 5 nitrogen and oxygen atoms in total. The predicted octanol–water partition coefficient (Wildman–Crippen LogP) is 2.57. The fraction of sp³-hybridized carbons (Fsp3) is 0.423. The first-order chi connectivity index (χ1) is 18.4. The molecule has 3 rings (SSSR count). The monoisotopic (exact) mass is 530 g/mol. The molecule has 0 fully saturated rings. The summed E-state index contributed by atoms with van der Waals surface area (Å²) in [5.74, 6) is -3.19. The standard InChI is InChI=1S/C26H29B7O5S/c1-26(2,3)38-25(36)17(12-13-18(34)16-39(31-27,32-28)33(29)30)14-24(35)37-15-23-21-10-6-4-8-19(21)20-9-5-7-11-22(20)23/h4-11,17,23H,12-16H2,1-3H3. The van der Waals surface area contributed by atoms with Crippen molar-refractivity contribution < 1.29 is 23.9 Å². The Hall–Kier alpha value is -2.15. The maximum atomic E-state index is 13.0. The van der Waals surface area contributed by atoms with Crippen molar-refractivity contribution in [3.63, 3.8) is 0 Å². The normalized spacial score (nSPS) is 13.3. The van der Waals surface area contributed by atoms with E-state index < -0.39 is 38.0 Å². The number of rotatable bonds is 11. The van der Waals surface area contributed by atoms with Gasteiger partial charge in [0.1, 0.15) is 0 Å². The molecule has 0 N–H and O–H groups in total. The molecule has 1 unspecified atom stereocenters. The molecule has 0 saturated carbocycles. The van der Waals surface area contributed by atoms with Crippen LogP contribution in [-0.2, 0) is 23.9 Å². The van der Waals surface area contributed by atoms with Gasteiger partial charge in [-0.25, -0.2) is 0 Å². The molecule has 2 aromatic rings. The number of ketones is 1. The molecule has 0 aromatic heterocycles. The molecule has 2 aromatic carbocycles. The molecule has 0 amide bonds. The third kappa shape index (κ3) is 7.96. The third-order valence-corrected chi connectivity index (χ3v) is 9.57. The molecule has 0 saturated heterocycles. The van der Waals surface area contributed by atoms with Crippen LogP contribution >= 0.6 is 8.73 Å². The number of carbonyl (C=O) groups excluding carboxylic acids is 3. The molecule has 1 aliphatic carbocycles. The molecule has 1 aliphatic rings. The Morgan fingerprint density at radius 2 is 1.51 bits per heavy atom. The summed E-state index contributed by atoms with van der Waals surface area (Å²) in [7, 11) is 20.9. The zero-order valence-corrected chi connectivity index (χ0v) is 23.6. The molecule has 0 bridgehead atoms. The van der Waals surface area contributed by atoms with Crippen LogP contribution in [-0.4, -0.2) is 84.5 Å². The van der Waals surface area contributed by atoms with Crippen LogP contribution in [0.5, 0.6) is 0 Å². The van der Waals surface area contributed by atoms with E-state index in [1.165, 1.54) is 12.1 Å². The Balaban J connectivity index is 1.69. The Bertz CT molecular complexity index is 1290. The van der Waals surface area contributed by atoms with Crippen molar-refractivity contribution in [1.29, 1.82) is 0 Å². The number of esters is 2. The van der Waals surface area contributed by atoms with E-state index in [1.54, 1.807) is 20.8 Å². The van der Waals surface area contributed by atoms with Crippen molar-refractivity contribution in [3.05, 3.63) is 59.7 Å². The van der Waals surface area contributed by atoms with Crippen LogP contribution in [0.2, 0.25) is 0 Å². The second-order valence-corrected chi connectivity index (χ2v) is 13.9. The van der Waals surface area contributed by atoms with E-state index in [4.69, 9.17) is 40.4 Å². The number of fused-ring (bicyclic) bond motifs is 3. The summed E-state index contributed by atoms with van der Waals surface area (Å²) in [4.78, 5) is 38.7. The van der Waals surface area contributed by atoms with Crippen LogP contribution in [0, 0.1) is 5.92 Å². The molecule has 0 spiro atoms. The van der Waals surface area contributed by atoms with Gasteiger partial charge < -0.3 is 0 Å². The zero-order valence-electron chi connectivity index (χ0n) is 22.8. The molecule has 0 heterocycles. The van der Waals surface area contributed by atoms with Crippen LogP contribution in [0.4, 0.5) is 0 Å². The van der Waals surface area contributed by atoms with Crippen LogP contribution < -0.4 is 0 Å². The molecule has 13 heteroatoms. The number of hydrogen-bond acceptors (Lipinski definition) is 5. The summed E-state index contributed by atoms with van der Waals surface area (Å²) >= 11 is 0. The maximum absolute atomic E-state index is 13.0. The third-order valence-electron chi connectivity index (χ3n) is 6.72. The van der Waals surface area contributed by atoms with E-state index in [-0.39, 0.29) is 43.3 Å². The van der Waals surface area contributed by atoms with E-state index in [1.807, 2.05) is 36.4 Å². The number of benzene rings is 2. The van der Waals surface area contributed by atoms with Gasteiger partial charge in [-0.15, -0.1) is 0 Å². The van der Waals surface area contributed by atoms with Crippen molar-refractivity contribution in [2.45, 2.75) is 51.6 Å². The van der Waals surface area contributed by atoms with E-state index in [0.717, 1.165) is 22.3 Å². The molecular weight excluding hydrogens is 500 g/mol. The van der Waals surface area contributed by atoms with Gasteiger partial charge in [0.25, 0.3) is 0 Å². The molecule has 190 valence electrons. The summed E-state index contributed by atoms with van der Waals surface area (Å²) in [6.07, 6.45) is -0.106. The molecule has 0 aliphatic heterocycles. The Labute approximate surface area is 239 Å². The van der Waals surface area contributed by atoms with Gasteiger partial charge in [0, 0.05) is 0 Å². The first kappa shape index (κ1) is 31.4. The summed E-state index contributed by atoms with van der Waals surface area (Å²) in [5.41, 5.74) is 3.68. The predicted molar refractivity (Wildman–Crippen MR) is 166 cm³/mol. The number of Topliss-reactive ketones (excluding diaryl/α,β-unsaturated/α-hetero) is 1. The Kier molecular flexibility index (Phi) is 10.8. The Morgan fingerprint density at radius 3 is 2.00 bits per heavy atom. The SMILES string of the molecule is [B]B=S(=B[B])(CC(=O)CCC(CC(=O)OCC1c2ccccc2-c2ccccc21)C(=O)OC(C)(C)C)B([B])[B]. The summed E-state index contributed by atoms with van der Waals surface area (Å²) in [5, 5.41) is 0. The topological polar surface area (TPSA) is 69.7 Å². The second-order valence-electron chi connectivity index (χ2n) is 10.7. The minimum atomic E-state index is -2.17. The van der Waals surface area contributed by atoms with E-state index in [0.29, 0.717) is 0 Å². The molecule has 39 heavy (non-hydrogen) atoms. The second kappa shape index (κ2) is 13.5. The average Bonchev–Trinajstić information content (AvgIpc) is 3.21. The van der Waals surface area contributed by atoms with Gasteiger partial charge in [-0.05, 0) is 11.1 Å². The van der Waals surface area contributed by atoms with Gasteiger partial charge in [0.2, 0.25) is 0 Å².